The van der Waals surface area contributed by atoms with Crippen LogP contribution in [0.3, 0.4) is 0 Å². The molecule has 0 aliphatic carbocycles. The lowest BCUT2D eigenvalue weighted by Gasteiger charge is -2.21. The number of benzene rings is 3. The van der Waals surface area contributed by atoms with Crippen molar-refractivity contribution in [1.82, 2.24) is 5.32 Å². The zero-order valence-corrected chi connectivity index (χ0v) is 19.5. The molecular weight excluding hydrogens is 458 g/mol. The lowest BCUT2D eigenvalue weighted by atomic mass is 10.1. The molecule has 3 amide bonds. The summed E-state index contributed by atoms with van der Waals surface area (Å²) in [6, 6.07) is 19.9. The highest BCUT2D eigenvalue weighted by molar-refractivity contribution is 7.99. The molecule has 3 aromatic carbocycles. The second-order valence-electron chi connectivity index (χ2n) is 7.46. The van der Waals surface area contributed by atoms with Crippen LogP contribution >= 0.6 is 23.4 Å². The highest BCUT2D eigenvalue weighted by Gasteiger charge is 2.26. The van der Waals surface area contributed by atoms with E-state index in [-0.39, 0.29) is 30.7 Å². The summed E-state index contributed by atoms with van der Waals surface area (Å²) < 4.78 is 0. The van der Waals surface area contributed by atoms with Crippen LogP contribution in [0.25, 0.3) is 0 Å². The van der Waals surface area contributed by atoms with Crippen LogP contribution in [0.5, 0.6) is 0 Å². The van der Waals surface area contributed by atoms with Crippen molar-refractivity contribution in [3.63, 3.8) is 0 Å². The fourth-order valence-corrected chi connectivity index (χ4v) is 4.79. The van der Waals surface area contributed by atoms with Crippen LogP contribution in [0.2, 0.25) is 5.02 Å². The van der Waals surface area contributed by atoms with Crippen molar-refractivity contribution in [3.8, 4) is 0 Å². The van der Waals surface area contributed by atoms with Crippen LogP contribution in [0, 0.1) is 0 Å². The third-order valence-corrected chi connectivity index (χ3v) is 6.53. The quantitative estimate of drug-likeness (QED) is 0.534. The molecule has 0 saturated heterocycles. The van der Waals surface area contributed by atoms with E-state index in [0.29, 0.717) is 22.8 Å². The molecule has 0 unspecified atom stereocenters. The van der Waals surface area contributed by atoms with E-state index in [9.17, 15) is 14.4 Å². The van der Waals surface area contributed by atoms with Crippen LogP contribution in [0.4, 0.5) is 11.4 Å². The molecule has 0 aromatic heterocycles. The van der Waals surface area contributed by atoms with Crippen molar-refractivity contribution < 1.29 is 14.4 Å². The van der Waals surface area contributed by atoms with Gasteiger partial charge in [-0.15, -0.1) is 0 Å². The Bertz CT molecular complexity index is 1210. The average molecular weight is 480 g/mol. The van der Waals surface area contributed by atoms with Gasteiger partial charge in [-0.2, -0.15) is 0 Å². The van der Waals surface area contributed by atoms with Gasteiger partial charge in [0.1, 0.15) is 0 Å². The average Bonchev–Trinajstić information content (AvgIpc) is 2.92. The molecule has 1 aliphatic heterocycles. The number of nitrogens with zero attached hydrogens (tertiary/aromatic N) is 1. The fourth-order valence-electron chi connectivity index (χ4n) is 3.55. The number of hydrogen-bond donors (Lipinski definition) is 2. The molecule has 0 spiro atoms. The highest BCUT2D eigenvalue weighted by Crippen LogP contribution is 2.42. The summed E-state index contributed by atoms with van der Waals surface area (Å²) in [7, 11) is 0. The van der Waals surface area contributed by atoms with Crippen LogP contribution in [-0.2, 0) is 16.0 Å². The largest absolute Gasteiger partial charge is 0.347 e. The van der Waals surface area contributed by atoms with Crippen LogP contribution < -0.4 is 15.5 Å². The number of carbonyl (C=O) groups is 3. The molecule has 0 atom stereocenters. The minimum Gasteiger partial charge on any atom is -0.347 e. The molecule has 6 nitrogen and oxygen atoms in total. The van der Waals surface area contributed by atoms with Gasteiger partial charge in [-0.25, -0.2) is 0 Å². The van der Waals surface area contributed by atoms with Crippen molar-refractivity contribution in [1.29, 1.82) is 0 Å². The summed E-state index contributed by atoms with van der Waals surface area (Å²) >= 11 is 7.35. The standard InChI is InChI=1S/C25H22ClN3O3S/c1-2-29-20-12-11-18(14-22(20)33-21-6-4-3-5-19(21)25(29)32)28-24(31)15-27-23(30)13-16-7-9-17(26)10-8-16/h3-12,14H,2,13,15H2,1H3,(H,27,30)(H,28,31). The van der Waals surface area contributed by atoms with Crippen molar-refractivity contribution >= 4 is 52.5 Å². The highest BCUT2D eigenvalue weighted by atomic mass is 35.5. The molecule has 0 fully saturated rings. The Labute approximate surface area is 201 Å². The van der Waals surface area contributed by atoms with E-state index in [1.165, 1.54) is 11.8 Å². The van der Waals surface area contributed by atoms with E-state index in [0.717, 1.165) is 21.0 Å². The van der Waals surface area contributed by atoms with Crippen molar-refractivity contribution in [3.05, 3.63) is 82.9 Å². The van der Waals surface area contributed by atoms with Gasteiger partial charge in [0.25, 0.3) is 5.91 Å². The Kier molecular flexibility index (Phi) is 7.01. The topological polar surface area (TPSA) is 78.5 Å². The molecule has 1 heterocycles. The number of hydrogen-bond acceptors (Lipinski definition) is 4. The Morgan fingerprint density at radius 1 is 0.970 bits per heavy atom. The Balaban J connectivity index is 1.42. The second-order valence-corrected chi connectivity index (χ2v) is 8.98. The van der Waals surface area contributed by atoms with Crippen molar-refractivity contribution in [2.45, 2.75) is 23.1 Å². The first-order valence-corrected chi connectivity index (χ1v) is 11.7. The maximum absolute atomic E-state index is 13.0. The lowest BCUT2D eigenvalue weighted by Crippen LogP contribution is -2.33. The smallest absolute Gasteiger partial charge is 0.259 e. The predicted octanol–water partition coefficient (Wildman–Crippen LogP) is 4.77. The normalized spacial score (nSPS) is 12.4. The third kappa shape index (κ3) is 5.38. The zero-order valence-electron chi connectivity index (χ0n) is 17.9. The first kappa shape index (κ1) is 22.9. The summed E-state index contributed by atoms with van der Waals surface area (Å²) in [6.45, 7) is 2.33. The summed E-state index contributed by atoms with van der Waals surface area (Å²) in [4.78, 5) is 41.0. The monoisotopic (exact) mass is 479 g/mol. The van der Waals surface area contributed by atoms with E-state index in [1.807, 2.05) is 43.3 Å². The van der Waals surface area contributed by atoms with Gasteiger partial charge >= 0.3 is 0 Å². The summed E-state index contributed by atoms with van der Waals surface area (Å²) in [5.41, 5.74) is 2.88. The number of nitrogens with one attached hydrogen (secondary N) is 2. The molecule has 4 rings (SSSR count). The number of carbonyl (C=O) groups excluding carboxylic acids is 3. The van der Waals surface area contributed by atoms with Gasteiger partial charge in [0.15, 0.2) is 0 Å². The molecule has 168 valence electrons. The maximum atomic E-state index is 13.0. The molecule has 3 aromatic rings. The summed E-state index contributed by atoms with van der Waals surface area (Å²) in [5, 5.41) is 6.05. The molecule has 8 heteroatoms. The van der Waals surface area contributed by atoms with Gasteiger partial charge in [0, 0.05) is 27.0 Å². The minimum absolute atomic E-state index is 0.0421. The van der Waals surface area contributed by atoms with Gasteiger partial charge in [0.05, 0.1) is 24.2 Å². The van der Waals surface area contributed by atoms with E-state index in [4.69, 9.17) is 11.6 Å². The Hall–Kier alpha value is -3.29. The summed E-state index contributed by atoms with van der Waals surface area (Å²) in [6.07, 6.45) is 0.167. The van der Waals surface area contributed by atoms with Gasteiger partial charge in [-0.1, -0.05) is 47.6 Å². The van der Waals surface area contributed by atoms with Gasteiger partial charge in [-0.3, -0.25) is 14.4 Å². The molecule has 0 bridgehead atoms. The summed E-state index contributed by atoms with van der Waals surface area (Å²) in [5.74, 6) is -0.625. The van der Waals surface area contributed by atoms with Gasteiger partial charge in [-0.05, 0) is 55.0 Å². The maximum Gasteiger partial charge on any atom is 0.259 e. The first-order valence-electron chi connectivity index (χ1n) is 10.5. The molecular formula is C25H22ClN3O3S. The first-order chi connectivity index (χ1) is 15.9. The Morgan fingerprint density at radius 2 is 1.73 bits per heavy atom. The molecule has 0 radical (unpaired) electrons. The number of amides is 3. The molecule has 33 heavy (non-hydrogen) atoms. The second kappa shape index (κ2) is 10.1. The van der Waals surface area contributed by atoms with Gasteiger partial charge in [0.2, 0.25) is 11.8 Å². The number of halogens is 1. The van der Waals surface area contributed by atoms with E-state index in [2.05, 4.69) is 10.6 Å². The molecule has 0 saturated carbocycles. The SMILES string of the molecule is CCN1C(=O)c2ccccc2Sc2cc(NC(=O)CNC(=O)Cc3ccc(Cl)cc3)ccc21. The minimum atomic E-state index is -0.332. The van der Waals surface area contributed by atoms with Crippen LogP contribution in [0.15, 0.2) is 76.5 Å². The zero-order chi connectivity index (χ0) is 23.4. The fraction of sp³-hybridized carbons (Fsp3) is 0.160. The molecule has 1 aliphatic rings. The van der Waals surface area contributed by atoms with Gasteiger partial charge < -0.3 is 15.5 Å². The predicted molar refractivity (Wildman–Crippen MR) is 131 cm³/mol. The van der Waals surface area contributed by atoms with E-state index < -0.39 is 0 Å². The number of fused-ring (bicyclic) bond motifs is 2. The number of anilines is 2. The Morgan fingerprint density at radius 3 is 2.48 bits per heavy atom. The van der Waals surface area contributed by atoms with Crippen molar-refractivity contribution in [2.24, 2.45) is 0 Å². The lowest BCUT2D eigenvalue weighted by molar-refractivity contribution is -0.123. The van der Waals surface area contributed by atoms with Crippen LogP contribution in [-0.4, -0.2) is 30.8 Å². The molecule has 2 N–H and O–H groups in total. The van der Waals surface area contributed by atoms with E-state index in [1.54, 1.807) is 35.2 Å². The van der Waals surface area contributed by atoms with Crippen molar-refractivity contribution in [2.75, 3.05) is 23.3 Å². The third-order valence-electron chi connectivity index (χ3n) is 5.16. The van der Waals surface area contributed by atoms with E-state index >= 15 is 0 Å². The number of rotatable bonds is 6. The van der Waals surface area contributed by atoms with Crippen LogP contribution in [0.1, 0.15) is 22.8 Å².